The molecular formula is C16H13ClFN3S. The number of benzene rings is 2. The van der Waals surface area contributed by atoms with E-state index in [0.29, 0.717) is 21.2 Å². The molecule has 3 nitrogen and oxygen atoms in total. The SMILES string of the molecule is Cc1ccc(F)c(Cc2n[nH]c(=S)n2-c2ccccc2)c1Cl. The number of hydrogen-bond acceptors (Lipinski definition) is 2. The zero-order valence-corrected chi connectivity index (χ0v) is 13.4. The molecule has 0 spiro atoms. The third-order valence-electron chi connectivity index (χ3n) is 3.47. The summed E-state index contributed by atoms with van der Waals surface area (Å²) in [5.74, 6) is 0.270. The number of nitrogens with one attached hydrogen (secondary N) is 1. The summed E-state index contributed by atoms with van der Waals surface area (Å²) in [6, 6.07) is 12.7. The fourth-order valence-electron chi connectivity index (χ4n) is 2.33. The van der Waals surface area contributed by atoms with Crippen LogP contribution in [0.25, 0.3) is 5.69 Å². The van der Waals surface area contributed by atoms with Gasteiger partial charge in [-0.2, -0.15) is 5.10 Å². The van der Waals surface area contributed by atoms with Gasteiger partial charge in [-0.25, -0.2) is 4.39 Å². The molecule has 3 rings (SSSR count). The van der Waals surface area contributed by atoms with Crippen molar-refractivity contribution < 1.29 is 4.39 Å². The van der Waals surface area contributed by atoms with Crippen molar-refractivity contribution in [1.82, 2.24) is 14.8 Å². The Morgan fingerprint density at radius 3 is 2.68 bits per heavy atom. The lowest BCUT2D eigenvalue weighted by molar-refractivity contribution is 0.611. The van der Waals surface area contributed by atoms with Gasteiger partial charge in [0, 0.05) is 17.7 Å². The van der Waals surface area contributed by atoms with Gasteiger partial charge in [0.15, 0.2) is 4.77 Å². The van der Waals surface area contributed by atoms with E-state index in [9.17, 15) is 4.39 Å². The lowest BCUT2D eigenvalue weighted by atomic mass is 10.1. The number of rotatable bonds is 3. The van der Waals surface area contributed by atoms with Crippen LogP contribution in [-0.4, -0.2) is 14.8 Å². The minimum atomic E-state index is -0.343. The summed E-state index contributed by atoms with van der Waals surface area (Å²) in [5.41, 5.74) is 2.13. The molecule has 0 amide bonds. The van der Waals surface area contributed by atoms with Crippen molar-refractivity contribution in [2.24, 2.45) is 0 Å². The summed E-state index contributed by atoms with van der Waals surface area (Å²) in [7, 11) is 0. The van der Waals surface area contributed by atoms with E-state index in [4.69, 9.17) is 23.8 Å². The molecule has 0 saturated carbocycles. The van der Waals surface area contributed by atoms with Crippen molar-refractivity contribution in [3.05, 3.63) is 75.0 Å². The van der Waals surface area contributed by atoms with Crippen molar-refractivity contribution in [3.8, 4) is 5.69 Å². The quantitative estimate of drug-likeness (QED) is 0.709. The average Bonchev–Trinajstić information content (AvgIpc) is 2.89. The number of para-hydroxylation sites is 1. The van der Waals surface area contributed by atoms with Gasteiger partial charge < -0.3 is 0 Å². The smallest absolute Gasteiger partial charge is 0.199 e. The fraction of sp³-hybridized carbons (Fsp3) is 0.125. The minimum Gasteiger partial charge on any atom is -0.272 e. The van der Waals surface area contributed by atoms with Crippen molar-refractivity contribution in [2.75, 3.05) is 0 Å². The summed E-state index contributed by atoms with van der Waals surface area (Å²) in [5, 5.41) is 7.40. The Kier molecular flexibility index (Phi) is 4.09. The van der Waals surface area contributed by atoms with Gasteiger partial charge in [-0.15, -0.1) is 0 Å². The van der Waals surface area contributed by atoms with Crippen molar-refractivity contribution in [1.29, 1.82) is 0 Å². The number of aryl methyl sites for hydroxylation is 1. The molecule has 0 aliphatic carbocycles. The topological polar surface area (TPSA) is 33.6 Å². The maximum atomic E-state index is 14.1. The number of nitrogens with zero attached hydrogens (tertiary/aromatic N) is 2. The molecule has 0 radical (unpaired) electrons. The van der Waals surface area contributed by atoms with Crippen molar-refractivity contribution in [3.63, 3.8) is 0 Å². The molecule has 0 bridgehead atoms. The number of H-pyrrole nitrogens is 1. The van der Waals surface area contributed by atoms with Crippen LogP contribution in [0.5, 0.6) is 0 Å². The van der Waals surface area contributed by atoms with E-state index in [1.54, 1.807) is 10.6 Å². The van der Waals surface area contributed by atoms with E-state index in [-0.39, 0.29) is 12.2 Å². The predicted molar refractivity (Wildman–Crippen MR) is 87.7 cm³/mol. The first-order valence-electron chi connectivity index (χ1n) is 6.73. The van der Waals surface area contributed by atoms with Gasteiger partial charge in [-0.3, -0.25) is 9.67 Å². The molecule has 0 saturated heterocycles. The minimum absolute atomic E-state index is 0.258. The lowest BCUT2D eigenvalue weighted by Crippen LogP contribution is -2.04. The molecule has 1 heterocycles. The second-order valence-corrected chi connectivity index (χ2v) is 5.71. The third-order valence-corrected chi connectivity index (χ3v) is 4.27. The second-order valence-electron chi connectivity index (χ2n) is 4.95. The standard InChI is InChI=1S/C16H13ClFN3S/c1-10-7-8-13(18)12(15(10)17)9-14-19-20-16(22)21(14)11-5-3-2-4-6-11/h2-8H,9H2,1H3,(H,20,22). The van der Waals surface area contributed by atoms with Crippen molar-refractivity contribution >= 4 is 23.8 Å². The largest absolute Gasteiger partial charge is 0.272 e. The zero-order chi connectivity index (χ0) is 15.7. The van der Waals surface area contributed by atoms with E-state index in [0.717, 1.165) is 11.3 Å². The Labute approximate surface area is 137 Å². The van der Waals surface area contributed by atoms with Crippen LogP contribution in [0.15, 0.2) is 42.5 Å². The summed E-state index contributed by atoms with van der Waals surface area (Å²) in [6.45, 7) is 1.85. The first-order chi connectivity index (χ1) is 10.6. The number of hydrogen-bond donors (Lipinski definition) is 1. The molecule has 112 valence electrons. The maximum absolute atomic E-state index is 14.1. The highest BCUT2D eigenvalue weighted by molar-refractivity contribution is 7.71. The summed E-state index contributed by atoms with van der Waals surface area (Å²) >= 11 is 11.5. The van der Waals surface area contributed by atoms with Gasteiger partial charge in [0.2, 0.25) is 0 Å². The van der Waals surface area contributed by atoms with E-state index < -0.39 is 0 Å². The Hall–Kier alpha value is -1.98. The molecular weight excluding hydrogens is 321 g/mol. The van der Waals surface area contributed by atoms with E-state index >= 15 is 0 Å². The molecule has 0 aliphatic heterocycles. The summed E-state index contributed by atoms with van der Waals surface area (Å²) in [6.07, 6.45) is 0.258. The molecule has 2 aromatic carbocycles. The molecule has 0 aliphatic rings. The first kappa shape index (κ1) is 14.9. The molecule has 1 N–H and O–H groups in total. The highest BCUT2D eigenvalue weighted by Crippen LogP contribution is 2.26. The van der Waals surface area contributed by atoms with E-state index in [1.165, 1.54) is 6.07 Å². The predicted octanol–water partition coefficient (Wildman–Crippen LogP) is 4.62. The monoisotopic (exact) mass is 333 g/mol. The van der Waals surface area contributed by atoms with Crippen LogP contribution in [0.4, 0.5) is 4.39 Å². The van der Waals surface area contributed by atoms with Crippen LogP contribution in [0.2, 0.25) is 5.02 Å². The van der Waals surface area contributed by atoms with E-state index in [1.807, 2.05) is 37.3 Å². The molecule has 0 unspecified atom stereocenters. The Bertz CT molecular complexity index is 871. The molecule has 3 aromatic rings. The molecule has 6 heteroatoms. The van der Waals surface area contributed by atoms with Crippen LogP contribution in [0, 0.1) is 17.5 Å². The van der Waals surface area contributed by atoms with Gasteiger partial charge in [0.25, 0.3) is 0 Å². The molecule has 0 atom stereocenters. The Balaban J connectivity index is 2.09. The van der Waals surface area contributed by atoms with Crippen molar-refractivity contribution in [2.45, 2.75) is 13.3 Å². The highest BCUT2D eigenvalue weighted by Gasteiger charge is 2.15. The van der Waals surface area contributed by atoms with Gasteiger partial charge in [0.05, 0.1) is 5.02 Å². The van der Waals surface area contributed by atoms with Crippen LogP contribution >= 0.6 is 23.8 Å². The Morgan fingerprint density at radius 1 is 1.23 bits per heavy atom. The lowest BCUT2D eigenvalue weighted by Gasteiger charge is -2.10. The van der Waals surface area contributed by atoms with Gasteiger partial charge in [0.1, 0.15) is 11.6 Å². The fourth-order valence-corrected chi connectivity index (χ4v) is 2.80. The molecule has 1 aromatic heterocycles. The van der Waals surface area contributed by atoms with Gasteiger partial charge in [-0.1, -0.05) is 35.9 Å². The molecule has 22 heavy (non-hydrogen) atoms. The average molecular weight is 334 g/mol. The summed E-state index contributed by atoms with van der Waals surface area (Å²) < 4.78 is 16.3. The number of aromatic nitrogens is 3. The third kappa shape index (κ3) is 2.69. The number of aromatic amines is 1. The van der Waals surface area contributed by atoms with E-state index in [2.05, 4.69) is 10.2 Å². The van der Waals surface area contributed by atoms with Crippen LogP contribution in [0.3, 0.4) is 0 Å². The second kappa shape index (κ2) is 6.02. The van der Waals surface area contributed by atoms with Crippen LogP contribution in [0.1, 0.15) is 17.0 Å². The first-order valence-corrected chi connectivity index (χ1v) is 7.51. The van der Waals surface area contributed by atoms with Gasteiger partial charge in [-0.05, 0) is 42.9 Å². The normalized spacial score (nSPS) is 10.9. The van der Waals surface area contributed by atoms with Crippen LogP contribution < -0.4 is 0 Å². The zero-order valence-electron chi connectivity index (χ0n) is 11.8. The molecule has 0 fully saturated rings. The maximum Gasteiger partial charge on any atom is 0.199 e. The highest BCUT2D eigenvalue weighted by atomic mass is 35.5. The number of halogens is 2. The Morgan fingerprint density at radius 2 is 1.95 bits per heavy atom. The van der Waals surface area contributed by atoms with Crippen LogP contribution in [-0.2, 0) is 6.42 Å². The van der Waals surface area contributed by atoms with Gasteiger partial charge >= 0.3 is 0 Å². The summed E-state index contributed by atoms with van der Waals surface area (Å²) in [4.78, 5) is 0.